The minimum atomic E-state index is -3.12. The molecule has 20 heavy (non-hydrogen) atoms. The van der Waals surface area contributed by atoms with E-state index in [1.54, 1.807) is 18.2 Å². The van der Waals surface area contributed by atoms with Crippen molar-refractivity contribution in [3.05, 3.63) is 29.8 Å². The number of hydrogen-bond donors (Lipinski definition) is 0. The van der Waals surface area contributed by atoms with Crippen LogP contribution in [0.1, 0.15) is 10.4 Å². The van der Waals surface area contributed by atoms with Gasteiger partial charge in [0.25, 0.3) is 0 Å². The summed E-state index contributed by atoms with van der Waals surface area (Å²) in [6, 6.07) is 7.16. The SMILES string of the molecule is COC(=O)c1cccc(N2CCN(S(C)(=O)=O)CC2)c1. The van der Waals surface area contributed by atoms with Crippen LogP contribution in [0, 0.1) is 0 Å². The Hall–Kier alpha value is -1.60. The molecule has 7 heteroatoms. The first-order valence-corrected chi connectivity index (χ1v) is 8.15. The first-order chi connectivity index (χ1) is 9.41. The molecule has 0 saturated carbocycles. The van der Waals surface area contributed by atoms with Gasteiger partial charge in [0, 0.05) is 31.9 Å². The molecule has 0 unspecified atom stereocenters. The Balaban J connectivity index is 2.09. The molecule has 1 saturated heterocycles. The van der Waals surface area contributed by atoms with Gasteiger partial charge in [0.05, 0.1) is 18.9 Å². The third-order valence-electron chi connectivity index (χ3n) is 3.34. The van der Waals surface area contributed by atoms with Crippen LogP contribution in [0.25, 0.3) is 0 Å². The smallest absolute Gasteiger partial charge is 0.337 e. The number of piperazine rings is 1. The Morgan fingerprint density at radius 1 is 1.20 bits per heavy atom. The highest BCUT2D eigenvalue weighted by atomic mass is 32.2. The van der Waals surface area contributed by atoms with Gasteiger partial charge in [-0.15, -0.1) is 0 Å². The van der Waals surface area contributed by atoms with Crippen LogP contribution in [0.5, 0.6) is 0 Å². The van der Waals surface area contributed by atoms with E-state index in [0.29, 0.717) is 31.7 Å². The van der Waals surface area contributed by atoms with Gasteiger partial charge in [-0.1, -0.05) is 6.07 Å². The average Bonchev–Trinajstić information content (AvgIpc) is 2.46. The predicted molar refractivity (Wildman–Crippen MR) is 76.4 cm³/mol. The van der Waals surface area contributed by atoms with Crippen LogP contribution in [0.15, 0.2) is 24.3 Å². The molecule has 1 heterocycles. The van der Waals surface area contributed by atoms with Crippen LogP contribution in [0.2, 0.25) is 0 Å². The van der Waals surface area contributed by atoms with Gasteiger partial charge in [-0.3, -0.25) is 0 Å². The van der Waals surface area contributed by atoms with E-state index < -0.39 is 10.0 Å². The number of esters is 1. The molecule has 1 aliphatic heterocycles. The number of nitrogens with zero attached hydrogens (tertiary/aromatic N) is 2. The summed E-state index contributed by atoms with van der Waals surface area (Å²) in [4.78, 5) is 13.6. The third kappa shape index (κ3) is 3.29. The number of ether oxygens (including phenoxy) is 1. The van der Waals surface area contributed by atoms with Gasteiger partial charge in [0.1, 0.15) is 0 Å². The average molecular weight is 298 g/mol. The topological polar surface area (TPSA) is 66.9 Å². The number of carbonyl (C=O) groups is 1. The first kappa shape index (κ1) is 14.8. The molecule has 0 amide bonds. The molecule has 0 aliphatic carbocycles. The molecule has 0 N–H and O–H groups in total. The van der Waals surface area contributed by atoms with Crippen molar-refractivity contribution >= 4 is 21.7 Å². The summed E-state index contributed by atoms with van der Waals surface area (Å²) in [5, 5.41) is 0. The van der Waals surface area contributed by atoms with E-state index in [9.17, 15) is 13.2 Å². The standard InChI is InChI=1S/C13H18N2O4S/c1-19-13(16)11-4-3-5-12(10-11)14-6-8-15(9-7-14)20(2,17)18/h3-5,10H,6-9H2,1-2H3. The first-order valence-electron chi connectivity index (χ1n) is 6.30. The van der Waals surface area contributed by atoms with E-state index in [2.05, 4.69) is 4.90 Å². The number of anilines is 1. The molecule has 0 bridgehead atoms. The summed E-state index contributed by atoms with van der Waals surface area (Å²) >= 11 is 0. The summed E-state index contributed by atoms with van der Waals surface area (Å²) in [6.07, 6.45) is 1.22. The molecule has 1 aromatic carbocycles. The van der Waals surface area contributed by atoms with Gasteiger partial charge >= 0.3 is 5.97 Å². The Labute approximate surface area is 119 Å². The van der Waals surface area contributed by atoms with Crippen molar-refractivity contribution < 1.29 is 17.9 Å². The Morgan fingerprint density at radius 3 is 2.40 bits per heavy atom. The lowest BCUT2D eigenvalue weighted by atomic mass is 10.2. The molecule has 0 atom stereocenters. The molecular weight excluding hydrogens is 280 g/mol. The van der Waals surface area contributed by atoms with Crippen molar-refractivity contribution in [2.75, 3.05) is 44.4 Å². The molecule has 6 nitrogen and oxygen atoms in total. The van der Waals surface area contributed by atoms with E-state index >= 15 is 0 Å². The van der Waals surface area contributed by atoms with Gasteiger partial charge in [-0.2, -0.15) is 4.31 Å². The van der Waals surface area contributed by atoms with Crippen LogP contribution in [0.4, 0.5) is 5.69 Å². The van der Waals surface area contributed by atoms with E-state index in [4.69, 9.17) is 4.74 Å². The zero-order valence-corrected chi connectivity index (χ0v) is 12.4. The highest BCUT2D eigenvalue weighted by molar-refractivity contribution is 7.88. The van der Waals surface area contributed by atoms with E-state index in [1.807, 2.05) is 6.07 Å². The Kier molecular flexibility index (Phi) is 4.29. The predicted octanol–water partition coefficient (Wildman–Crippen LogP) is 0.555. The fraction of sp³-hybridized carbons (Fsp3) is 0.462. The van der Waals surface area contributed by atoms with Gasteiger partial charge < -0.3 is 9.64 Å². The molecule has 0 spiro atoms. The van der Waals surface area contributed by atoms with E-state index in [1.165, 1.54) is 17.7 Å². The van der Waals surface area contributed by atoms with Crippen molar-refractivity contribution in [3.63, 3.8) is 0 Å². The lowest BCUT2D eigenvalue weighted by molar-refractivity contribution is 0.0600. The zero-order valence-electron chi connectivity index (χ0n) is 11.6. The second kappa shape index (κ2) is 5.80. The van der Waals surface area contributed by atoms with Crippen molar-refractivity contribution in [1.82, 2.24) is 4.31 Å². The second-order valence-electron chi connectivity index (χ2n) is 4.69. The molecule has 1 fully saturated rings. The lowest BCUT2D eigenvalue weighted by Crippen LogP contribution is -2.48. The lowest BCUT2D eigenvalue weighted by Gasteiger charge is -2.34. The van der Waals surface area contributed by atoms with Crippen molar-refractivity contribution in [3.8, 4) is 0 Å². The minimum absolute atomic E-state index is 0.373. The number of sulfonamides is 1. The highest BCUT2D eigenvalue weighted by Gasteiger charge is 2.23. The number of rotatable bonds is 3. The van der Waals surface area contributed by atoms with Crippen LogP contribution in [0.3, 0.4) is 0 Å². The zero-order chi connectivity index (χ0) is 14.8. The summed E-state index contributed by atoms with van der Waals surface area (Å²) in [5.74, 6) is -0.373. The molecule has 0 radical (unpaired) electrons. The summed E-state index contributed by atoms with van der Waals surface area (Å²) in [6.45, 7) is 2.14. The number of benzene rings is 1. The summed E-state index contributed by atoms with van der Waals surface area (Å²) < 4.78 is 29.1. The minimum Gasteiger partial charge on any atom is -0.465 e. The van der Waals surface area contributed by atoms with Crippen LogP contribution in [-0.4, -0.2) is 58.2 Å². The molecule has 0 aromatic heterocycles. The van der Waals surface area contributed by atoms with Crippen LogP contribution in [-0.2, 0) is 14.8 Å². The maximum atomic E-state index is 11.5. The molecule has 1 aromatic rings. The van der Waals surface area contributed by atoms with Crippen LogP contribution < -0.4 is 4.90 Å². The van der Waals surface area contributed by atoms with Gasteiger partial charge in [-0.25, -0.2) is 13.2 Å². The monoisotopic (exact) mass is 298 g/mol. The number of methoxy groups -OCH3 is 1. The molecular formula is C13H18N2O4S. The van der Waals surface area contributed by atoms with E-state index in [0.717, 1.165) is 5.69 Å². The summed E-state index contributed by atoms with van der Waals surface area (Å²) in [7, 11) is -1.78. The fourth-order valence-corrected chi connectivity index (χ4v) is 3.05. The van der Waals surface area contributed by atoms with Gasteiger partial charge in [-0.05, 0) is 18.2 Å². The normalized spacial score (nSPS) is 17.0. The van der Waals surface area contributed by atoms with Gasteiger partial charge in [0.15, 0.2) is 0 Å². The summed E-state index contributed by atoms with van der Waals surface area (Å²) in [5.41, 5.74) is 1.40. The molecule has 110 valence electrons. The fourth-order valence-electron chi connectivity index (χ4n) is 2.23. The maximum Gasteiger partial charge on any atom is 0.337 e. The maximum absolute atomic E-state index is 11.5. The number of hydrogen-bond acceptors (Lipinski definition) is 5. The van der Waals surface area contributed by atoms with Gasteiger partial charge in [0.2, 0.25) is 10.0 Å². The molecule has 2 rings (SSSR count). The second-order valence-corrected chi connectivity index (χ2v) is 6.67. The van der Waals surface area contributed by atoms with Crippen LogP contribution >= 0.6 is 0 Å². The number of carbonyl (C=O) groups excluding carboxylic acids is 1. The Morgan fingerprint density at radius 2 is 1.85 bits per heavy atom. The molecule has 1 aliphatic rings. The quantitative estimate of drug-likeness (QED) is 0.763. The third-order valence-corrected chi connectivity index (χ3v) is 4.64. The van der Waals surface area contributed by atoms with Crippen molar-refractivity contribution in [2.24, 2.45) is 0 Å². The highest BCUT2D eigenvalue weighted by Crippen LogP contribution is 2.19. The van der Waals surface area contributed by atoms with Crippen molar-refractivity contribution in [1.29, 1.82) is 0 Å². The van der Waals surface area contributed by atoms with E-state index in [-0.39, 0.29) is 5.97 Å². The van der Waals surface area contributed by atoms with Crippen molar-refractivity contribution in [2.45, 2.75) is 0 Å². The Bertz CT molecular complexity index is 592. The largest absolute Gasteiger partial charge is 0.465 e.